The highest BCUT2D eigenvalue weighted by atomic mass is 35.5. The van der Waals surface area contributed by atoms with Crippen molar-refractivity contribution in [3.63, 3.8) is 0 Å². The topological polar surface area (TPSA) is 49.4 Å². The van der Waals surface area contributed by atoms with Gasteiger partial charge in [-0.2, -0.15) is 0 Å². The minimum Gasteiger partial charge on any atom is -0.355 e. The van der Waals surface area contributed by atoms with Crippen LogP contribution in [0.4, 0.5) is 5.69 Å². The van der Waals surface area contributed by atoms with Crippen LogP contribution in [0.1, 0.15) is 37.3 Å². The van der Waals surface area contributed by atoms with Crippen LogP contribution in [0.15, 0.2) is 48.5 Å². The molecule has 1 aliphatic heterocycles. The summed E-state index contributed by atoms with van der Waals surface area (Å²) in [4.78, 5) is 26.8. The Labute approximate surface area is 165 Å². The lowest BCUT2D eigenvalue weighted by molar-refractivity contribution is -0.126. The van der Waals surface area contributed by atoms with Gasteiger partial charge in [0.1, 0.15) is 0 Å². The third-order valence-electron chi connectivity index (χ3n) is 4.97. The quantitative estimate of drug-likeness (QED) is 0.812. The van der Waals surface area contributed by atoms with Gasteiger partial charge in [0.2, 0.25) is 11.8 Å². The average molecular weight is 385 g/mol. The summed E-state index contributed by atoms with van der Waals surface area (Å²) in [6.45, 7) is 5.21. The van der Waals surface area contributed by atoms with Gasteiger partial charge in [0.15, 0.2) is 0 Å². The SMILES string of the molecule is CC(C)c1ccccc1N1CC(C(=O)NCCc2ccc(Cl)cc2)CC1=O. The number of hydrogen-bond donors (Lipinski definition) is 1. The summed E-state index contributed by atoms with van der Waals surface area (Å²) in [5, 5.41) is 3.67. The number of nitrogens with one attached hydrogen (secondary N) is 1. The molecule has 27 heavy (non-hydrogen) atoms. The van der Waals surface area contributed by atoms with Crippen molar-refractivity contribution < 1.29 is 9.59 Å². The normalized spacial score (nSPS) is 16.8. The van der Waals surface area contributed by atoms with Crippen LogP contribution in [-0.4, -0.2) is 24.9 Å². The molecule has 1 N–H and O–H groups in total. The highest BCUT2D eigenvalue weighted by Gasteiger charge is 2.35. The second-order valence-electron chi connectivity index (χ2n) is 7.29. The number of benzene rings is 2. The molecule has 142 valence electrons. The molecule has 1 heterocycles. The van der Waals surface area contributed by atoms with Crippen LogP contribution >= 0.6 is 11.6 Å². The van der Waals surface area contributed by atoms with Crippen LogP contribution in [0.5, 0.6) is 0 Å². The van der Waals surface area contributed by atoms with E-state index in [4.69, 9.17) is 11.6 Å². The maximum absolute atomic E-state index is 12.5. The zero-order valence-corrected chi connectivity index (χ0v) is 16.5. The van der Waals surface area contributed by atoms with Crippen LogP contribution < -0.4 is 10.2 Å². The molecule has 1 saturated heterocycles. The van der Waals surface area contributed by atoms with E-state index in [9.17, 15) is 9.59 Å². The number of amides is 2. The van der Waals surface area contributed by atoms with Gasteiger partial charge in [-0.05, 0) is 41.7 Å². The molecule has 1 aliphatic rings. The van der Waals surface area contributed by atoms with E-state index in [-0.39, 0.29) is 24.2 Å². The lowest BCUT2D eigenvalue weighted by Crippen LogP contribution is -2.34. The zero-order chi connectivity index (χ0) is 19.4. The number of nitrogens with zero attached hydrogens (tertiary/aromatic N) is 1. The predicted molar refractivity (Wildman–Crippen MR) is 109 cm³/mol. The van der Waals surface area contributed by atoms with E-state index in [0.29, 0.717) is 24.0 Å². The molecular formula is C22H25ClN2O2. The number of hydrogen-bond acceptors (Lipinski definition) is 2. The summed E-state index contributed by atoms with van der Waals surface area (Å²) >= 11 is 5.88. The Kier molecular flexibility index (Phi) is 6.17. The van der Waals surface area contributed by atoms with E-state index in [1.807, 2.05) is 48.5 Å². The molecule has 1 atom stereocenters. The predicted octanol–water partition coefficient (Wildman–Crippen LogP) is 4.18. The van der Waals surface area contributed by atoms with Gasteiger partial charge in [0.05, 0.1) is 5.92 Å². The third-order valence-corrected chi connectivity index (χ3v) is 5.22. The highest BCUT2D eigenvalue weighted by Crippen LogP contribution is 2.32. The molecule has 4 nitrogen and oxygen atoms in total. The molecule has 0 saturated carbocycles. The monoisotopic (exact) mass is 384 g/mol. The molecule has 0 bridgehead atoms. The van der Waals surface area contributed by atoms with E-state index in [1.54, 1.807) is 4.90 Å². The summed E-state index contributed by atoms with van der Waals surface area (Å²) in [5.41, 5.74) is 3.18. The van der Waals surface area contributed by atoms with E-state index in [1.165, 1.54) is 0 Å². The standard InChI is InChI=1S/C22H25ClN2O2/c1-15(2)19-5-3-4-6-20(19)25-14-17(13-21(25)26)22(27)24-12-11-16-7-9-18(23)10-8-16/h3-10,15,17H,11-14H2,1-2H3,(H,24,27). The van der Waals surface area contributed by atoms with Gasteiger partial charge >= 0.3 is 0 Å². The maximum atomic E-state index is 12.5. The number of para-hydroxylation sites is 1. The summed E-state index contributed by atoms with van der Waals surface area (Å²) in [6.07, 6.45) is 1.00. The van der Waals surface area contributed by atoms with Gasteiger partial charge in [0.25, 0.3) is 0 Å². The number of carbonyl (C=O) groups is 2. The van der Waals surface area contributed by atoms with Crippen LogP contribution in [0.2, 0.25) is 5.02 Å². The fraction of sp³-hybridized carbons (Fsp3) is 0.364. The summed E-state index contributed by atoms with van der Waals surface area (Å²) in [5.74, 6) is -0.0213. The smallest absolute Gasteiger partial charge is 0.227 e. The highest BCUT2D eigenvalue weighted by molar-refractivity contribution is 6.30. The first-order chi connectivity index (χ1) is 13.0. The Morgan fingerprint density at radius 2 is 1.89 bits per heavy atom. The summed E-state index contributed by atoms with van der Waals surface area (Å²) in [7, 11) is 0. The van der Waals surface area contributed by atoms with E-state index in [2.05, 4.69) is 19.2 Å². The Bertz CT molecular complexity index is 817. The molecule has 1 unspecified atom stereocenters. The van der Waals surface area contributed by atoms with Crippen molar-refractivity contribution in [2.24, 2.45) is 5.92 Å². The molecule has 0 aliphatic carbocycles. The van der Waals surface area contributed by atoms with Crippen LogP contribution in [0.25, 0.3) is 0 Å². The number of rotatable bonds is 6. The molecule has 2 aromatic carbocycles. The Balaban J connectivity index is 1.58. The lowest BCUT2D eigenvalue weighted by atomic mass is 10.0. The van der Waals surface area contributed by atoms with Crippen LogP contribution in [0, 0.1) is 5.92 Å². The van der Waals surface area contributed by atoms with Crippen LogP contribution in [0.3, 0.4) is 0 Å². The fourth-order valence-corrected chi connectivity index (χ4v) is 3.59. The van der Waals surface area contributed by atoms with Gasteiger partial charge < -0.3 is 10.2 Å². The fourth-order valence-electron chi connectivity index (χ4n) is 3.46. The lowest BCUT2D eigenvalue weighted by Gasteiger charge is -2.22. The Morgan fingerprint density at radius 1 is 1.19 bits per heavy atom. The summed E-state index contributed by atoms with van der Waals surface area (Å²) < 4.78 is 0. The van der Waals surface area contributed by atoms with Crippen molar-refractivity contribution in [2.45, 2.75) is 32.6 Å². The third kappa shape index (κ3) is 4.69. The van der Waals surface area contributed by atoms with Crippen molar-refractivity contribution in [1.29, 1.82) is 0 Å². The maximum Gasteiger partial charge on any atom is 0.227 e. The number of anilines is 1. The number of halogens is 1. The van der Waals surface area contributed by atoms with Crippen molar-refractivity contribution in [3.8, 4) is 0 Å². The summed E-state index contributed by atoms with van der Waals surface area (Å²) in [6, 6.07) is 15.5. The molecule has 1 fully saturated rings. The van der Waals surface area contributed by atoms with Crippen LogP contribution in [-0.2, 0) is 16.0 Å². The minimum atomic E-state index is -0.303. The van der Waals surface area contributed by atoms with Crippen molar-refractivity contribution in [3.05, 3.63) is 64.7 Å². The number of carbonyl (C=O) groups excluding carboxylic acids is 2. The van der Waals surface area contributed by atoms with Crippen molar-refractivity contribution in [1.82, 2.24) is 5.32 Å². The second kappa shape index (κ2) is 8.57. The first kappa shape index (κ1) is 19.4. The van der Waals surface area contributed by atoms with Gasteiger partial charge in [-0.1, -0.05) is 55.8 Å². The van der Waals surface area contributed by atoms with Crippen molar-refractivity contribution >= 4 is 29.1 Å². The average Bonchev–Trinajstić information content (AvgIpc) is 3.05. The van der Waals surface area contributed by atoms with Gasteiger partial charge in [-0.3, -0.25) is 9.59 Å². The molecule has 3 rings (SSSR count). The Morgan fingerprint density at radius 3 is 2.59 bits per heavy atom. The minimum absolute atomic E-state index is 0.0148. The molecule has 0 spiro atoms. The van der Waals surface area contributed by atoms with E-state index < -0.39 is 0 Å². The molecule has 2 amide bonds. The van der Waals surface area contributed by atoms with Crippen molar-refractivity contribution in [2.75, 3.05) is 18.0 Å². The Hall–Kier alpha value is -2.33. The molecule has 2 aromatic rings. The molecule has 0 radical (unpaired) electrons. The zero-order valence-electron chi connectivity index (χ0n) is 15.7. The molecule has 5 heteroatoms. The van der Waals surface area contributed by atoms with E-state index >= 15 is 0 Å². The molecular weight excluding hydrogens is 360 g/mol. The van der Waals surface area contributed by atoms with Gasteiger partial charge in [0, 0.05) is 30.2 Å². The van der Waals surface area contributed by atoms with Gasteiger partial charge in [-0.15, -0.1) is 0 Å². The van der Waals surface area contributed by atoms with Gasteiger partial charge in [-0.25, -0.2) is 0 Å². The second-order valence-corrected chi connectivity index (χ2v) is 7.72. The van der Waals surface area contributed by atoms with E-state index in [0.717, 1.165) is 23.2 Å². The molecule has 0 aromatic heterocycles. The first-order valence-corrected chi connectivity index (χ1v) is 9.75. The first-order valence-electron chi connectivity index (χ1n) is 9.37. The largest absolute Gasteiger partial charge is 0.355 e.